The summed E-state index contributed by atoms with van der Waals surface area (Å²) in [6, 6.07) is 79.3. The summed E-state index contributed by atoms with van der Waals surface area (Å²) in [5.41, 5.74) is 14.3. The van der Waals surface area contributed by atoms with Crippen molar-refractivity contribution < 1.29 is 0 Å². The fourth-order valence-electron chi connectivity index (χ4n) is 9.00. The van der Waals surface area contributed by atoms with Crippen molar-refractivity contribution in [2.45, 2.75) is 0 Å². The molecule has 290 valence electrons. The predicted octanol–water partition coefficient (Wildman–Crippen LogP) is 14.4. The van der Waals surface area contributed by atoms with Crippen molar-refractivity contribution in [2.24, 2.45) is 0 Å². The van der Waals surface area contributed by atoms with Crippen LogP contribution in [0.15, 0.2) is 224 Å². The Bertz CT molecular complexity index is 3590. The highest BCUT2D eigenvalue weighted by atomic mass is 15.0. The number of para-hydroxylation sites is 3. The number of aromatic nitrogens is 5. The second-order valence-corrected chi connectivity index (χ2v) is 15.7. The van der Waals surface area contributed by atoms with Gasteiger partial charge in [-0.05, 0) is 89.0 Å². The van der Waals surface area contributed by atoms with E-state index < -0.39 is 0 Å². The van der Waals surface area contributed by atoms with E-state index in [1.54, 1.807) is 0 Å². The Morgan fingerprint density at radius 2 is 0.597 bits per heavy atom. The summed E-state index contributed by atoms with van der Waals surface area (Å²) in [6.07, 6.45) is 0. The molecular formula is C57H37N5. The molecule has 0 radical (unpaired) electrons. The lowest BCUT2D eigenvalue weighted by atomic mass is 9.98. The van der Waals surface area contributed by atoms with Gasteiger partial charge >= 0.3 is 0 Å². The first-order valence-corrected chi connectivity index (χ1v) is 20.9. The first-order valence-electron chi connectivity index (χ1n) is 20.9. The standard InChI is InChI=1S/C57H37N5/c1-4-15-38(16-5-1)43-19-14-20-44(35-43)39-27-29-41(30-28-39)56-58-55(40-17-6-2-7-18-40)59-57(60-56)42-31-33-46(34-32-42)62-52-26-13-11-24-48(52)50-36-49-47-23-10-12-25-51(47)61(53(49)37-54(50)62)45-21-8-3-9-22-45/h1-37H. The van der Waals surface area contributed by atoms with Gasteiger partial charge in [-0.25, -0.2) is 15.0 Å². The highest BCUT2D eigenvalue weighted by Crippen LogP contribution is 2.40. The molecule has 12 aromatic rings. The average Bonchev–Trinajstić information content (AvgIpc) is 3.86. The van der Waals surface area contributed by atoms with Crippen molar-refractivity contribution in [2.75, 3.05) is 0 Å². The maximum atomic E-state index is 5.11. The maximum absolute atomic E-state index is 5.11. The van der Waals surface area contributed by atoms with Crippen LogP contribution in [-0.2, 0) is 0 Å². The van der Waals surface area contributed by atoms with Crippen LogP contribution < -0.4 is 0 Å². The molecule has 5 nitrogen and oxygen atoms in total. The van der Waals surface area contributed by atoms with E-state index in [0.29, 0.717) is 17.5 Å². The summed E-state index contributed by atoms with van der Waals surface area (Å²) >= 11 is 0. The van der Waals surface area contributed by atoms with Crippen molar-refractivity contribution in [1.29, 1.82) is 0 Å². The summed E-state index contributed by atoms with van der Waals surface area (Å²) in [7, 11) is 0. The minimum Gasteiger partial charge on any atom is -0.309 e. The number of hydrogen-bond donors (Lipinski definition) is 0. The van der Waals surface area contributed by atoms with Gasteiger partial charge in [-0.3, -0.25) is 0 Å². The number of benzene rings is 9. The van der Waals surface area contributed by atoms with Crippen molar-refractivity contribution in [1.82, 2.24) is 24.1 Å². The Morgan fingerprint density at radius 1 is 0.226 bits per heavy atom. The fraction of sp³-hybridized carbons (Fsp3) is 0. The smallest absolute Gasteiger partial charge is 0.164 e. The molecule has 0 saturated heterocycles. The van der Waals surface area contributed by atoms with Crippen LogP contribution in [0.25, 0.3) is 111 Å². The fourth-order valence-corrected chi connectivity index (χ4v) is 9.00. The van der Waals surface area contributed by atoms with E-state index in [4.69, 9.17) is 15.0 Å². The minimum atomic E-state index is 0.622. The third kappa shape index (κ3) is 6.06. The normalized spacial score (nSPS) is 11.5. The molecule has 0 spiro atoms. The van der Waals surface area contributed by atoms with Gasteiger partial charge < -0.3 is 9.13 Å². The zero-order valence-corrected chi connectivity index (χ0v) is 33.6. The first-order chi connectivity index (χ1) is 30.7. The number of rotatable bonds is 7. The average molecular weight is 792 g/mol. The molecule has 0 aliphatic carbocycles. The lowest BCUT2D eigenvalue weighted by Gasteiger charge is -2.12. The van der Waals surface area contributed by atoms with Crippen LogP contribution in [0.2, 0.25) is 0 Å². The summed E-state index contributed by atoms with van der Waals surface area (Å²) in [5, 5.41) is 4.92. The van der Waals surface area contributed by atoms with Gasteiger partial charge in [0.2, 0.25) is 0 Å². The maximum Gasteiger partial charge on any atom is 0.164 e. The van der Waals surface area contributed by atoms with Crippen molar-refractivity contribution >= 4 is 43.6 Å². The summed E-state index contributed by atoms with van der Waals surface area (Å²) in [5.74, 6) is 1.88. The summed E-state index contributed by atoms with van der Waals surface area (Å²) in [4.78, 5) is 15.2. The van der Waals surface area contributed by atoms with Gasteiger partial charge in [-0.2, -0.15) is 0 Å². The van der Waals surface area contributed by atoms with Gasteiger partial charge in [0, 0.05) is 49.6 Å². The van der Waals surface area contributed by atoms with Crippen molar-refractivity contribution in [3.05, 3.63) is 224 Å². The van der Waals surface area contributed by atoms with Gasteiger partial charge in [0.15, 0.2) is 17.5 Å². The molecular weight excluding hydrogens is 755 g/mol. The van der Waals surface area contributed by atoms with Crippen LogP contribution in [-0.4, -0.2) is 24.1 Å². The second kappa shape index (κ2) is 14.7. The van der Waals surface area contributed by atoms with Gasteiger partial charge in [0.05, 0.1) is 22.1 Å². The molecule has 0 atom stereocenters. The van der Waals surface area contributed by atoms with Crippen LogP contribution in [0.5, 0.6) is 0 Å². The van der Waals surface area contributed by atoms with E-state index in [9.17, 15) is 0 Å². The van der Waals surface area contributed by atoms with E-state index in [1.165, 1.54) is 43.7 Å². The molecule has 3 heterocycles. The Balaban J connectivity index is 0.958. The van der Waals surface area contributed by atoms with Gasteiger partial charge in [-0.15, -0.1) is 0 Å². The van der Waals surface area contributed by atoms with Crippen molar-refractivity contribution in [3.63, 3.8) is 0 Å². The van der Waals surface area contributed by atoms with Crippen LogP contribution in [0.1, 0.15) is 0 Å². The second-order valence-electron chi connectivity index (χ2n) is 15.7. The molecule has 0 fully saturated rings. The molecule has 12 rings (SSSR count). The molecule has 62 heavy (non-hydrogen) atoms. The highest BCUT2D eigenvalue weighted by Gasteiger charge is 2.19. The molecule has 0 N–H and O–H groups in total. The van der Waals surface area contributed by atoms with E-state index in [2.05, 4.69) is 197 Å². The SMILES string of the molecule is c1ccc(-c2cccc(-c3ccc(-c4nc(-c5ccccc5)nc(-c5ccc(-n6c7ccccc7c7cc8c9ccccc9n(-c9ccccc9)c8cc76)cc5)n4)cc3)c2)cc1. The summed E-state index contributed by atoms with van der Waals surface area (Å²) < 4.78 is 4.76. The molecule has 0 unspecified atom stereocenters. The number of nitrogens with zero attached hydrogens (tertiary/aromatic N) is 5. The number of fused-ring (bicyclic) bond motifs is 6. The molecule has 9 aromatic carbocycles. The zero-order valence-electron chi connectivity index (χ0n) is 33.6. The van der Waals surface area contributed by atoms with Crippen molar-refractivity contribution in [3.8, 4) is 67.8 Å². The lowest BCUT2D eigenvalue weighted by molar-refractivity contribution is 1.07. The molecule has 0 aliphatic heterocycles. The Labute approximate surface area is 358 Å². The molecule has 5 heteroatoms. The molecule has 0 bridgehead atoms. The van der Waals surface area contributed by atoms with Crippen LogP contribution in [0.3, 0.4) is 0 Å². The van der Waals surface area contributed by atoms with E-state index in [0.717, 1.165) is 50.2 Å². The Morgan fingerprint density at radius 3 is 1.13 bits per heavy atom. The largest absolute Gasteiger partial charge is 0.309 e. The molecule has 0 saturated carbocycles. The van der Waals surface area contributed by atoms with Crippen LogP contribution >= 0.6 is 0 Å². The third-order valence-corrected chi connectivity index (χ3v) is 12.0. The van der Waals surface area contributed by atoms with E-state index in [1.807, 2.05) is 36.4 Å². The lowest BCUT2D eigenvalue weighted by Crippen LogP contribution is -2.00. The monoisotopic (exact) mass is 791 g/mol. The highest BCUT2D eigenvalue weighted by molar-refractivity contribution is 6.19. The predicted molar refractivity (Wildman–Crippen MR) is 256 cm³/mol. The molecule has 3 aromatic heterocycles. The third-order valence-electron chi connectivity index (χ3n) is 12.0. The number of hydrogen-bond acceptors (Lipinski definition) is 3. The zero-order chi connectivity index (χ0) is 41.0. The quantitative estimate of drug-likeness (QED) is 0.162. The van der Waals surface area contributed by atoms with Gasteiger partial charge in [-0.1, -0.05) is 158 Å². The Hall–Kier alpha value is -8.41. The van der Waals surface area contributed by atoms with E-state index in [-0.39, 0.29) is 0 Å². The topological polar surface area (TPSA) is 48.5 Å². The molecule has 0 amide bonds. The minimum absolute atomic E-state index is 0.622. The van der Waals surface area contributed by atoms with Crippen LogP contribution in [0.4, 0.5) is 0 Å². The van der Waals surface area contributed by atoms with Gasteiger partial charge in [0.25, 0.3) is 0 Å². The molecule has 0 aliphatic rings. The van der Waals surface area contributed by atoms with Gasteiger partial charge in [0.1, 0.15) is 0 Å². The van der Waals surface area contributed by atoms with Crippen LogP contribution in [0, 0.1) is 0 Å². The first kappa shape index (κ1) is 35.5. The van der Waals surface area contributed by atoms with E-state index >= 15 is 0 Å². The Kier molecular flexibility index (Phi) is 8.42. The summed E-state index contributed by atoms with van der Waals surface area (Å²) in [6.45, 7) is 0.